The molecular formula is C23H28N4O3S2. The second kappa shape index (κ2) is 8.88. The molecule has 0 radical (unpaired) electrons. The summed E-state index contributed by atoms with van der Waals surface area (Å²) in [6.07, 6.45) is 6.23. The molecule has 3 aromatic rings. The predicted molar refractivity (Wildman–Crippen MR) is 127 cm³/mol. The molecule has 2 fully saturated rings. The van der Waals surface area contributed by atoms with Crippen LogP contribution in [0.2, 0.25) is 0 Å². The zero-order chi connectivity index (χ0) is 22.1. The van der Waals surface area contributed by atoms with Crippen molar-refractivity contribution in [2.75, 3.05) is 38.2 Å². The van der Waals surface area contributed by atoms with Crippen LogP contribution in [0, 0.1) is 0 Å². The van der Waals surface area contributed by atoms with E-state index in [1.807, 2.05) is 46.5 Å². The number of methoxy groups -OCH3 is 1. The van der Waals surface area contributed by atoms with Gasteiger partial charge in [-0.05, 0) is 36.4 Å². The van der Waals surface area contributed by atoms with Gasteiger partial charge in [-0.2, -0.15) is 9.40 Å². The lowest BCUT2D eigenvalue weighted by atomic mass is 10.2. The summed E-state index contributed by atoms with van der Waals surface area (Å²) in [6.45, 7) is 2.09. The third-order valence-corrected chi connectivity index (χ3v) is 9.21. The average molecular weight is 473 g/mol. The van der Waals surface area contributed by atoms with Crippen molar-refractivity contribution >= 4 is 27.0 Å². The lowest BCUT2D eigenvalue weighted by Gasteiger charge is -2.35. The summed E-state index contributed by atoms with van der Waals surface area (Å²) in [5, 5.41) is 6.74. The Labute approximate surface area is 193 Å². The van der Waals surface area contributed by atoms with Gasteiger partial charge < -0.3 is 9.64 Å². The maximum absolute atomic E-state index is 13.7. The summed E-state index contributed by atoms with van der Waals surface area (Å²) >= 11 is 1.53. The molecule has 2 aromatic heterocycles. The van der Waals surface area contributed by atoms with Crippen LogP contribution in [-0.2, 0) is 10.0 Å². The zero-order valence-electron chi connectivity index (χ0n) is 18.2. The average Bonchev–Trinajstić information content (AvgIpc) is 3.60. The molecule has 170 valence electrons. The van der Waals surface area contributed by atoms with Gasteiger partial charge in [0.1, 0.15) is 16.3 Å². The molecule has 1 aliphatic carbocycles. The SMILES string of the molecule is COc1ccccc1N1CCN(S(=O)(=O)c2cn(C3CCCC3)nc2-c2cccs2)CC1. The Balaban J connectivity index is 1.41. The summed E-state index contributed by atoms with van der Waals surface area (Å²) in [6, 6.07) is 12.1. The number of sulfonamides is 1. The number of ether oxygens (including phenoxy) is 1. The number of hydrogen-bond donors (Lipinski definition) is 0. The van der Waals surface area contributed by atoms with E-state index in [1.165, 1.54) is 24.2 Å². The number of thiophene rings is 1. The fourth-order valence-electron chi connectivity index (χ4n) is 4.70. The minimum atomic E-state index is -3.65. The Morgan fingerprint density at radius 1 is 1.03 bits per heavy atom. The van der Waals surface area contributed by atoms with E-state index in [4.69, 9.17) is 9.84 Å². The van der Waals surface area contributed by atoms with Crippen molar-refractivity contribution < 1.29 is 13.2 Å². The molecule has 1 saturated heterocycles. The number of benzene rings is 1. The number of para-hydroxylation sites is 2. The summed E-state index contributed by atoms with van der Waals surface area (Å²) < 4.78 is 36.5. The third-order valence-electron chi connectivity index (χ3n) is 6.43. The van der Waals surface area contributed by atoms with Gasteiger partial charge in [0, 0.05) is 32.4 Å². The van der Waals surface area contributed by atoms with Crippen LogP contribution in [0.3, 0.4) is 0 Å². The molecule has 7 nitrogen and oxygen atoms in total. The van der Waals surface area contributed by atoms with Gasteiger partial charge in [-0.15, -0.1) is 11.3 Å². The summed E-state index contributed by atoms with van der Waals surface area (Å²) in [5.74, 6) is 0.807. The monoisotopic (exact) mass is 472 g/mol. The summed E-state index contributed by atoms with van der Waals surface area (Å²) in [7, 11) is -1.99. The van der Waals surface area contributed by atoms with Crippen LogP contribution < -0.4 is 9.64 Å². The number of hydrogen-bond acceptors (Lipinski definition) is 6. The Morgan fingerprint density at radius 3 is 2.47 bits per heavy atom. The first-order chi connectivity index (χ1) is 15.6. The maximum Gasteiger partial charge on any atom is 0.246 e. The van der Waals surface area contributed by atoms with Crippen molar-refractivity contribution in [3.05, 3.63) is 48.0 Å². The molecule has 0 bridgehead atoms. The molecule has 0 atom stereocenters. The van der Waals surface area contributed by atoms with E-state index in [9.17, 15) is 8.42 Å². The van der Waals surface area contributed by atoms with E-state index in [-0.39, 0.29) is 0 Å². The fraction of sp³-hybridized carbons (Fsp3) is 0.435. The second-order valence-corrected chi connectivity index (χ2v) is 11.2. The first kappa shape index (κ1) is 21.5. The highest BCUT2D eigenvalue weighted by molar-refractivity contribution is 7.89. The van der Waals surface area contributed by atoms with Crippen molar-refractivity contribution in [3.63, 3.8) is 0 Å². The molecule has 2 aliphatic rings. The quantitative estimate of drug-likeness (QED) is 0.537. The standard InChI is InChI=1S/C23H28N4O3S2/c1-30-20-10-5-4-9-19(20)25-12-14-26(15-13-25)32(28,29)22-17-27(18-7-2-3-8-18)24-23(22)21-11-6-16-31-21/h4-6,9-11,16-18H,2-3,7-8,12-15H2,1H3. The highest BCUT2D eigenvalue weighted by Gasteiger charge is 2.34. The first-order valence-electron chi connectivity index (χ1n) is 11.1. The van der Waals surface area contributed by atoms with Crippen LogP contribution in [0.1, 0.15) is 31.7 Å². The Morgan fingerprint density at radius 2 is 1.78 bits per heavy atom. The Bertz CT molecular complexity index is 1160. The topological polar surface area (TPSA) is 67.7 Å². The molecule has 0 N–H and O–H groups in total. The van der Waals surface area contributed by atoms with E-state index >= 15 is 0 Å². The van der Waals surface area contributed by atoms with E-state index in [0.29, 0.717) is 42.8 Å². The third kappa shape index (κ3) is 3.93. The molecule has 1 aliphatic heterocycles. The minimum absolute atomic E-state index is 0.292. The molecule has 32 heavy (non-hydrogen) atoms. The van der Waals surface area contributed by atoms with Gasteiger partial charge in [0.05, 0.1) is 23.7 Å². The normalized spacial score (nSPS) is 18.3. The van der Waals surface area contributed by atoms with Crippen molar-refractivity contribution in [3.8, 4) is 16.3 Å². The van der Waals surface area contributed by atoms with Crippen LogP contribution in [0.15, 0.2) is 52.9 Å². The summed E-state index contributed by atoms with van der Waals surface area (Å²) in [5.41, 5.74) is 1.58. The largest absolute Gasteiger partial charge is 0.495 e. The van der Waals surface area contributed by atoms with Gasteiger partial charge in [0.25, 0.3) is 0 Å². The number of aromatic nitrogens is 2. The van der Waals surface area contributed by atoms with Gasteiger partial charge >= 0.3 is 0 Å². The highest BCUT2D eigenvalue weighted by atomic mass is 32.2. The predicted octanol–water partition coefficient (Wildman–Crippen LogP) is 4.25. The number of anilines is 1. The van der Waals surface area contributed by atoms with Gasteiger partial charge in [-0.1, -0.05) is 31.0 Å². The smallest absolute Gasteiger partial charge is 0.246 e. The van der Waals surface area contributed by atoms with Crippen LogP contribution in [0.25, 0.3) is 10.6 Å². The lowest BCUT2D eigenvalue weighted by molar-refractivity contribution is 0.378. The van der Waals surface area contributed by atoms with Gasteiger partial charge in [-0.25, -0.2) is 8.42 Å². The van der Waals surface area contributed by atoms with E-state index in [2.05, 4.69) is 4.90 Å². The molecule has 0 amide bonds. The van der Waals surface area contributed by atoms with Gasteiger partial charge in [0.2, 0.25) is 10.0 Å². The maximum atomic E-state index is 13.7. The number of rotatable bonds is 6. The highest BCUT2D eigenvalue weighted by Crippen LogP contribution is 2.36. The molecule has 0 unspecified atom stereocenters. The van der Waals surface area contributed by atoms with Crippen molar-refractivity contribution in [1.29, 1.82) is 0 Å². The summed E-state index contributed by atoms with van der Waals surface area (Å²) in [4.78, 5) is 3.41. The van der Waals surface area contributed by atoms with Crippen molar-refractivity contribution in [2.24, 2.45) is 0 Å². The van der Waals surface area contributed by atoms with Crippen LogP contribution in [0.5, 0.6) is 5.75 Å². The van der Waals surface area contributed by atoms with Crippen LogP contribution in [0.4, 0.5) is 5.69 Å². The second-order valence-electron chi connectivity index (χ2n) is 8.30. The zero-order valence-corrected chi connectivity index (χ0v) is 19.8. The minimum Gasteiger partial charge on any atom is -0.495 e. The van der Waals surface area contributed by atoms with E-state index in [0.717, 1.165) is 29.2 Å². The molecule has 1 saturated carbocycles. The number of piperazine rings is 1. The first-order valence-corrected chi connectivity index (χ1v) is 13.4. The van der Waals surface area contributed by atoms with E-state index in [1.54, 1.807) is 17.6 Å². The lowest BCUT2D eigenvalue weighted by Crippen LogP contribution is -2.48. The van der Waals surface area contributed by atoms with Crippen LogP contribution >= 0.6 is 11.3 Å². The molecule has 0 spiro atoms. The molecule has 5 rings (SSSR count). The Hall–Kier alpha value is -2.36. The Kier molecular flexibility index (Phi) is 5.96. The van der Waals surface area contributed by atoms with Gasteiger partial charge in [0.15, 0.2) is 0 Å². The van der Waals surface area contributed by atoms with Gasteiger partial charge in [-0.3, -0.25) is 4.68 Å². The molecule has 1 aromatic carbocycles. The molecule has 9 heteroatoms. The number of nitrogens with zero attached hydrogens (tertiary/aromatic N) is 4. The van der Waals surface area contributed by atoms with Crippen LogP contribution in [-0.4, -0.2) is 55.8 Å². The van der Waals surface area contributed by atoms with Crippen molar-refractivity contribution in [2.45, 2.75) is 36.6 Å². The fourth-order valence-corrected chi connectivity index (χ4v) is 7.05. The molecule has 3 heterocycles. The molecular weight excluding hydrogens is 444 g/mol. The van der Waals surface area contributed by atoms with Crippen molar-refractivity contribution in [1.82, 2.24) is 14.1 Å². The van der Waals surface area contributed by atoms with E-state index < -0.39 is 10.0 Å².